The molecule has 82 valence electrons. The van der Waals surface area contributed by atoms with Crippen LogP contribution in [0.1, 0.15) is 12.8 Å². The minimum absolute atomic E-state index is 0.293. The standard InChI is InChI=1S/C11H14BrClN2/c12-10-6-8(13)3-4-11(10)15-5-1-2-9(14)7-15/h3-4,6,9H,1-2,5,7,14H2/t9-/m0/s1. The Morgan fingerprint density at radius 2 is 2.27 bits per heavy atom. The average Bonchev–Trinajstić information content (AvgIpc) is 2.17. The summed E-state index contributed by atoms with van der Waals surface area (Å²) in [6.07, 6.45) is 2.29. The Kier molecular flexibility index (Phi) is 3.54. The summed E-state index contributed by atoms with van der Waals surface area (Å²) in [7, 11) is 0. The van der Waals surface area contributed by atoms with Crippen LogP contribution in [0.25, 0.3) is 0 Å². The number of hydrogen-bond acceptors (Lipinski definition) is 2. The normalized spacial score (nSPS) is 21.8. The van der Waals surface area contributed by atoms with Crippen LogP contribution in [0.3, 0.4) is 0 Å². The number of rotatable bonds is 1. The van der Waals surface area contributed by atoms with E-state index in [0.29, 0.717) is 6.04 Å². The smallest absolute Gasteiger partial charge is 0.0512 e. The van der Waals surface area contributed by atoms with Gasteiger partial charge < -0.3 is 10.6 Å². The molecule has 1 aliphatic rings. The fourth-order valence-electron chi connectivity index (χ4n) is 1.97. The number of halogens is 2. The van der Waals surface area contributed by atoms with Crippen LogP contribution in [-0.4, -0.2) is 19.1 Å². The zero-order valence-electron chi connectivity index (χ0n) is 8.42. The first-order chi connectivity index (χ1) is 7.16. The zero-order chi connectivity index (χ0) is 10.8. The molecule has 1 fully saturated rings. The first-order valence-electron chi connectivity index (χ1n) is 5.12. The highest BCUT2D eigenvalue weighted by molar-refractivity contribution is 9.10. The van der Waals surface area contributed by atoms with Crippen molar-refractivity contribution in [1.82, 2.24) is 0 Å². The number of hydrogen-bond donors (Lipinski definition) is 1. The molecule has 0 saturated carbocycles. The van der Waals surface area contributed by atoms with Crippen molar-refractivity contribution >= 4 is 33.2 Å². The Morgan fingerprint density at radius 3 is 2.93 bits per heavy atom. The van der Waals surface area contributed by atoms with Crippen LogP contribution in [0.4, 0.5) is 5.69 Å². The molecule has 1 aromatic rings. The molecule has 4 heteroatoms. The molecule has 1 aromatic carbocycles. The summed E-state index contributed by atoms with van der Waals surface area (Å²) in [6.45, 7) is 2.01. The fraction of sp³-hybridized carbons (Fsp3) is 0.455. The third-order valence-corrected chi connectivity index (χ3v) is 3.58. The Labute approximate surface area is 104 Å². The first-order valence-corrected chi connectivity index (χ1v) is 6.29. The Bertz CT molecular complexity index is 356. The summed E-state index contributed by atoms with van der Waals surface area (Å²) < 4.78 is 1.05. The van der Waals surface area contributed by atoms with Gasteiger partial charge in [-0.05, 0) is 47.0 Å². The Balaban J connectivity index is 2.21. The highest BCUT2D eigenvalue weighted by Crippen LogP contribution is 2.30. The highest BCUT2D eigenvalue weighted by Gasteiger charge is 2.18. The van der Waals surface area contributed by atoms with Crippen molar-refractivity contribution in [2.75, 3.05) is 18.0 Å². The largest absolute Gasteiger partial charge is 0.369 e. The number of nitrogens with two attached hydrogens (primary N) is 1. The number of benzene rings is 1. The van der Waals surface area contributed by atoms with Crippen LogP contribution in [0.5, 0.6) is 0 Å². The lowest BCUT2D eigenvalue weighted by molar-refractivity contribution is 0.506. The van der Waals surface area contributed by atoms with Gasteiger partial charge in [-0.15, -0.1) is 0 Å². The van der Waals surface area contributed by atoms with Crippen LogP contribution in [0.2, 0.25) is 5.02 Å². The number of anilines is 1. The predicted molar refractivity (Wildman–Crippen MR) is 68.6 cm³/mol. The van der Waals surface area contributed by atoms with Crippen molar-refractivity contribution in [3.05, 3.63) is 27.7 Å². The lowest BCUT2D eigenvalue weighted by Gasteiger charge is -2.33. The third-order valence-electron chi connectivity index (χ3n) is 2.71. The van der Waals surface area contributed by atoms with Gasteiger partial charge in [0.1, 0.15) is 0 Å². The van der Waals surface area contributed by atoms with E-state index in [9.17, 15) is 0 Å². The Hall–Kier alpha value is -0.250. The quantitative estimate of drug-likeness (QED) is 0.861. The lowest BCUT2D eigenvalue weighted by atomic mass is 10.1. The summed E-state index contributed by atoms with van der Waals surface area (Å²) in [5.74, 6) is 0. The van der Waals surface area contributed by atoms with E-state index in [2.05, 4.69) is 20.8 Å². The molecule has 0 spiro atoms. The van der Waals surface area contributed by atoms with Crippen molar-refractivity contribution < 1.29 is 0 Å². The molecule has 0 radical (unpaired) electrons. The van der Waals surface area contributed by atoms with Gasteiger partial charge in [0, 0.05) is 28.6 Å². The summed E-state index contributed by atoms with van der Waals surface area (Å²) in [4.78, 5) is 2.31. The monoisotopic (exact) mass is 288 g/mol. The molecule has 0 unspecified atom stereocenters. The van der Waals surface area contributed by atoms with Gasteiger partial charge in [-0.2, -0.15) is 0 Å². The molecule has 15 heavy (non-hydrogen) atoms. The summed E-state index contributed by atoms with van der Waals surface area (Å²) in [5, 5.41) is 0.756. The number of nitrogens with zero attached hydrogens (tertiary/aromatic N) is 1. The van der Waals surface area contributed by atoms with Crippen molar-refractivity contribution in [2.45, 2.75) is 18.9 Å². The van der Waals surface area contributed by atoms with Crippen LogP contribution < -0.4 is 10.6 Å². The highest BCUT2D eigenvalue weighted by atomic mass is 79.9. The first kappa shape index (κ1) is 11.2. The van der Waals surface area contributed by atoms with E-state index in [1.54, 1.807) is 0 Å². The molecule has 0 bridgehead atoms. The molecular formula is C11H14BrClN2. The van der Waals surface area contributed by atoms with Crippen LogP contribution in [0.15, 0.2) is 22.7 Å². The fourth-order valence-corrected chi connectivity index (χ4v) is 2.90. The molecule has 2 nitrogen and oxygen atoms in total. The third kappa shape index (κ3) is 2.65. The Morgan fingerprint density at radius 1 is 1.47 bits per heavy atom. The van der Waals surface area contributed by atoms with E-state index in [-0.39, 0.29) is 0 Å². The van der Waals surface area contributed by atoms with Gasteiger partial charge in [-0.3, -0.25) is 0 Å². The van der Waals surface area contributed by atoms with Crippen molar-refractivity contribution in [1.29, 1.82) is 0 Å². The molecular weight excluding hydrogens is 275 g/mol. The van der Waals surface area contributed by atoms with E-state index < -0.39 is 0 Å². The van der Waals surface area contributed by atoms with E-state index in [0.717, 1.165) is 35.4 Å². The summed E-state index contributed by atoms with van der Waals surface area (Å²) in [6, 6.07) is 6.19. The van der Waals surface area contributed by atoms with Crippen molar-refractivity contribution in [3.8, 4) is 0 Å². The second kappa shape index (κ2) is 4.73. The van der Waals surface area contributed by atoms with Crippen LogP contribution >= 0.6 is 27.5 Å². The minimum Gasteiger partial charge on any atom is -0.369 e. The second-order valence-corrected chi connectivity index (χ2v) is 5.23. The SMILES string of the molecule is N[C@H]1CCCN(c2ccc(Cl)cc2Br)C1. The van der Waals surface area contributed by atoms with Crippen LogP contribution in [-0.2, 0) is 0 Å². The summed E-state index contributed by atoms with van der Waals surface area (Å²) in [5.41, 5.74) is 7.15. The molecule has 1 saturated heterocycles. The predicted octanol–water partition coefficient (Wildman–Crippen LogP) is 3.03. The molecule has 0 aromatic heterocycles. The van der Waals surface area contributed by atoms with E-state index >= 15 is 0 Å². The molecule has 1 atom stereocenters. The van der Waals surface area contributed by atoms with Gasteiger partial charge in [0.2, 0.25) is 0 Å². The topological polar surface area (TPSA) is 29.3 Å². The van der Waals surface area contributed by atoms with Gasteiger partial charge >= 0.3 is 0 Å². The average molecular weight is 290 g/mol. The van der Waals surface area contributed by atoms with Gasteiger partial charge in [-0.1, -0.05) is 11.6 Å². The van der Waals surface area contributed by atoms with E-state index in [1.807, 2.05) is 18.2 Å². The minimum atomic E-state index is 0.293. The molecule has 2 N–H and O–H groups in total. The lowest BCUT2D eigenvalue weighted by Crippen LogP contribution is -2.42. The molecule has 0 aliphatic carbocycles. The zero-order valence-corrected chi connectivity index (χ0v) is 10.8. The maximum absolute atomic E-state index is 5.96. The van der Waals surface area contributed by atoms with E-state index in [4.69, 9.17) is 17.3 Å². The van der Waals surface area contributed by atoms with E-state index in [1.165, 1.54) is 5.69 Å². The van der Waals surface area contributed by atoms with Gasteiger partial charge in [0.05, 0.1) is 5.69 Å². The molecule has 2 rings (SSSR count). The maximum Gasteiger partial charge on any atom is 0.0512 e. The van der Waals surface area contributed by atoms with Gasteiger partial charge in [0.25, 0.3) is 0 Å². The van der Waals surface area contributed by atoms with Crippen LogP contribution in [0, 0.1) is 0 Å². The van der Waals surface area contributed by atoms with Crippen molar-refractivity contribution in [3.63, 3.8) is 0 Å². The van der Waals surface area contributed by atoms with Crippen molar-refractivity contribution in [2.24, 2.45) is 5.73 Å². The molecule has 0 amide bonds. The van der Waals surface area contributed by atoms with Gasteiger partial charge in [-0.25, -0.2) is 0 Å². The maximum atomic E-state index is 5.96. The molecule has 1 heterocycles. The number of piperidine rings is 1. The van der Waals surface area contributed by atoms with Gasteiger partial charge in [0.15, 0.2) is 0 Å². The second-order valence-electron chi connectivity index (χ2n) is 3.94. The summed E-state index contributed by atoms with van der Waals surface area (Å²) >= 11 is 9.45. The molecule has 1 aliphatic heterocycles.